The summed E-state index contributed by atoms with van der Waals surface area (Å²) in [6.07, 6.45) is 0.521. The van der Waals surface area contributed by atoms with Crippen LogP contribution in [0.25, 0.3) is 0 Å². The van der Waals surface area contributed by atoms with E-state index in [0.717, 1.165) is 0 Å². The van der Waals surface area contributed by atoms with Crippen molar-refractivity contribution in [1.29, 1.82) is 0 Å². The predicted octanol–water partition coefficient (Wildman–Crippen LogP) is 1.98. The highest BCUT2D eigenvalue weighted by atomic mass is 35.5. The van der Waals surface area contributed by atoms with Crippen LogP contribution in [0.5, 0.6) is 0 Å². The van der Waals surface area contributed by atoms with Gasteiger partial charge in [0.2, 0.25) is 0 Å². The first kappa shape index (κ1) is 17.5. The molecule has 124 valence electrons. The lowest BCUT2D eigenvalue weighted by molar-refractivity contribution is -0.135. The van der Waals surface area contributed by atoms with Gasteiger partial charge in [-0.3, -0.25) is 0 Å². The molecule has 0 spiro atoms. The maximum Gasteiger partial charge on any atom is 0.331 e. The van der Waals surface area contributed by atoms with Gasteiger partial charge in [0, 0.05) is 28.3 Å². The molecule has 1 unspecified atom stereocenters. The van der Waals surface area contributed by atoms with Crippen molar-refractivity contribution >= 4 is 23.5 Å². The van der Waals surface area contributed by atoms with Crippen LogP contribution in [-0.4, -0.2) is 38.8 Å². The molecule has 0 aromatic heterocycles. The van der Waals surface area contributed by atoms with Gasteiger partial charge in [0.25, 0.3) is 0 Å². The maximum absolute atomic E-state index is 11.1. The van der Waals surface area contributed by atoms with E-state index >= 15 is 0 Å². The normalized spacial score (nSPS) is 25.5. The zero-order valence-corrected chi connectivity index (χ0v) is 13.2. The van der Waals surface area contributed by atoms with Crippen molar-refractivity contribution < 1.29 is 24.9 Å². The number of carboxylic acid groups (broad SMARTS) is 2. The SMILES string of the molecule is CC1(C/C(=C/C(=O)O)C(=O)O)C[C@H]([C@H](O)c2cccc(Cl)c2)N1. The Balaban J connectivity index is 2.01. The zero-order chi connectivity index (χ0) is 17.2. The number of hydrogen-bond acceptors (Lipinski definition) is 4. The topological polar surface area (TPSA) is 107 Å². The van der Waals surface area contributed by atoms with Gasteiger partial charge in [0.1, 0.15) is 0 Å². The molecule has 1 aliphatic heterocycles. The Labute approximate surface area is 138 Å². The lowest BCUT2D eigenvalue weighted by Crippen LogP contribution is -2.64. The summed E-state index contributed by atoms with van der Waals surface area (Å²) >= 11 is 5.90. The summed E-state index contributed by atoms with van der Waals surface area (Å²) in [4.78, 5) is 21.8. The number of nitrogens with one attached hydrogen (secondary N) is 1. The minimum atomic E-state index is -1.29. The van der Waals surface area contributed by atoms with Crippen molar-refractivity contribution in [2.75, 3.05) is 0 Å². The first-order valence-electron chi connectivity index (χ1n) is 7.08. The van der Waals surface area contributed by atoms with E-state index < -0.39 is 23.6 Å². The second kappa shape index (κ2) is 6.70. The van der Waals surface area contributed by atoms with Gasteiger partial charge >= 0.3 is 11.9 Å². The van der Waals surface area contributed by atoms with Crippen molar-refractivity contribution in [2.24, 2.45) is 0 Å². The molecule has 2 rings (SSSR count). The van der Waals surface area contributed by atoms with E-state index in [1.807, 2.05) is 0 Å². The third kappa shape index (κ3) is 4.31. The molecule has 1 aliphatic rings. The van der Waals surface area contributed by atoms with Gasteiger partial charge in [0.05, 0.1) is 6.10 Å². The number of halogens is 1. The summed E-state index contributed by atoms with van der Waals surface area (Å²) < 4.78 is 0. The van der Waals surface area contributed by atoms with Crippen LogP contribution in [0.2, 0.25) is 5.02 Å². The molecule has 0 bridgehead atoms. The van der Waals surface area contributed by atoms with E-state index in [9.17, 15) is 14.7 Å². The fourth-order valence-electron chi connectivity index (χ4n) is 2.91. The number of aliphatic hydroxyl groups excluding tert-OH is 1. The summed E-state index contributed by atoms with van der Waals surface area (Å²) in [6, 6.07) is 6.67. The standard InChI is InChI=1S/C16H18ClNO5/c1-16(7-10(15(22)23)6-13(19)20)8-12(18-16)14(21)9-3-2-4-11(17)5-9/h2-6,12,14,18,21H,7-8H2,1H3,(H,19,20)(H,22,23)/b10-6-/t12-,14-,16?/m1/s1. The van der Waals surface area contributed by atoms with Crippen LogP contribution in [0.3, 0.4) is 0 Å². The molecule has 3 atom stereocenters. The summed E-state index contributed by atoms with van der Waals surface area (Å²) in [5.74, 6) is -2.55. The molecule has 1 heterocycles. The third-order valence-electron chi connectivity index (χ3n) is 3.93. The average Bonchev–Trinajstić information content (AvgIpc) is 2.42. The van der Waals surface area contributed by atoms with Crippen LogP contribution in [0.1, 0.15) is 31.4 Å². The number of benzene rings is 1. The molecule has 7 heteroatoms. The summed E-state index contributed by atoms with van der Waals surface area (Å²) in [6.45, 7) is 1.80. The molecule has 1 fully saturated rings. The minimum absolute atomic E-state index is 0.0629. The Morgan fingerprint density at radius 2 is 2.13 bits per heavy atom. The molecule has 6 nitrogen and oxygen atoms in total. The van der Waals surface area contributed by atoms with Gasteiger partial charge in [-0.15, -0.1) is 0 Å². The summed E-state index contributed by atoms with van der Waals surface area (Å²) in [5.41, 5.74) is -0.0658. The molecular formula is C16H18ClNO5. The Kier molecular flexibility index (Phi) is 5.09. The fraction of sp³-hybridized carbons (Fsp3) is 0.375. The molecular weight excluding hydrogens is 322 g/mol. The summed E-state index contributed by atoms with van der Waals surface area (Å²) in [7, 11) is 0. The van der Waals surface area contributed by atoms with E-state index in [4.69, 9.17) is 21.8 Å². The molecule has 1 aromatic carbocycles. The molecule has 1 aromatic rings. The van der Waals surface area contributed by atoms with Gasteiger partial charge in [-0.1, -0.05) is 23.7 Å². The Morgan fingerprint density at radius 3 is 2.65 bits per heavy atom. The smallest absolute Gasteiger partial charge is 0.331 e. The molecule has 0 amide bonds. The second-order valence-corrected chi connectivity index (χ2v) is 6.44. The van der Waals surface area contributed by atoms with Gasteiger partial charge in [0.15, 0.2) is 0 Å². The molecule has 1 saturated heterocycles. The van der Waals surface area contributed by atoms with Crippen molar-refractivity contribution in [3.63, 3.8) is 0 Å². The number of carboxylic acids is 2. The minimum Gasteiger partial charge on any atom is -0.478 e. The molecule has 0 saturated carbocycles. The van der Waals surface area contributed by atoms with E-state index in [1.165, 1.54) is 0 Å². The van der Waals surface area contributed by atoms with Crippen LogP contribution in [-0.2, 0) is 9.59 Å². The second-order valence-electron chi connectivity index (χ2n) is 6.01. The molecule has 0 radical (unpaired) electrons. The lowest BCUT2D eigenvalue weighted by Gasteiger charge is -2.49. The first-order valence-corrected chi connectivity index (χ1v) is 7.46. The average molecular weight is 340 g/mol. The number of aliphatic hydroxyl groups is 1. The van der Waals surface area contributed by atoms with E-state index in [1.54, 1.807) is 31.2 Å². The number of carbonyl (C=O) groups is 2. The largest absolute Gasteiger partial charge is 0.478 e. The van der Waals surface area contributed by atoms with Crippen LogP contribution in [0, 0.1) is 0 Å². The van der Waals surface area contributed by atoms with E-state index in [-0.39, 0.29) is 18.0 Å². The predicted molar refractivity (Wildman–Crippen MR) is 84.3 cm³/mol. The zero-order valence-electron chi connectivity index (χ0n) is 12.5. The highest BCUT2D eigenvalue weighted by Crippen LogP contribution is 2.37. The van der Waals surface area contributed by atoms with Crippen molar-refractivity contribution in [2.45, 2.75) is 37.5 Å². The molecule has 23 heavy (non-hydrogen) atoms. The van der Waals surface area contributed by atoms with Crippen LogP contribution in [0.4, 0.5) is 0 Å². The van der Waals surface area contributed by atoms with Crippen molar-refractivity contribution in [1.82, 2.24) is 5.32 Å². The highest BCUT2D eigenvalue weighted by molar-refractivity contribution is 6.30. The number of hydrogen-bond donors (Lipinski definition) is 4. The number of aliphatic carboxylic acids is 2. The van der Waals surface area contributed by atoms with Gasteiger partial charge < -0.3 is 20.6 Å². The monoisotopic (exact) mass is 339 g/mol. The summed E-state index contributed by atoms with van der Waals surface area (Å²) in [5, 5.41) is 31.8. The van der Waals surface area contributed by atoms with Crippen LogP contribution in [0.15, 0.2) is 35.9 Å². The molecule has 4 N–H and O–H groups in total. The highest BCUT2D eigenvalue weighted by Gasteiger charge is 2.44. The van der Waals surface area contributed by atoms with Crippen molar-refractivity contribution in [3.05, 3.63) is 46.5 Å². The number of rotatable bonds is 6. The lowest BCUT2D eigenvalue weighted by atomic mass is 9.75. The van der Waals surface area contributed by atoms with Gasteiger partial charge in [-0.05, 0) is 37.5 Å². The van der Waals surface area contributed by atoms with E-state index in [2.05, 4.69) is 5.32 Å². The van der Waals surface area contributed by atoms with Gasteiger partial charge in [-0.25, -0.2) is 9.59 Å². The fourth-order valence-corrected chi connectivity index (χ4v) is 3.10. The maximum atomic E-state index is 11.1. The van der Waals surface area contributed by atoms with E-state index in [0.29, 0.717) is 23.1 Å². The first-order chi connectivity index (χ1) is 10.7. The van der Waals surface area contributed by atoms with Crippen molar-refractivity contribution in [3.8, 4) is 0 Å². The Hall–Kier alpha value is -1.89. The quantitative estimate of drug-likeness (QED) is 0.590. The molecule has 0 aliphatic carbocycles. The third-order valence-corrected chi connectivity index (χ3v) is 4.16. The Bertz CT molecular complexity index is 652. The van der Waals surface area contributed by atoms with Gasteiger partial charge in [-0.2, -0.15) is 0 Å². The van der Waals surface area contributed by atoms with Crippen LogP contribution < -0.4 is 5.32 Å². The van der Waals surface area contributed by atoms with Crippen LogP contribution >= 0.6 is 11.6 Å². The Morgan fingerprint density at radius 1 is 1.48 bits per heavy atom.